The lowest BCUT2D eigenvalue weighted by Crippen LogP contribution is -2.20. The summed E-state index contributed by atoms with van der Waals surface area (Å²) in [6.45, 7) is 8.27. The van der Waals surface area contributed by atoms with E-state index in [-0.39, 0.29) is 0 Å². The van der Waals surface area contributed by atoms with Crippen LogP contribution < -0.4 is 0 Å². The summed E-state index contributed by atoms with van der Waals surface area (Å²) in [7, 11) is 0. The van der Waals surface area contributed by atoms with Crippen molar-refractivity contribution in [1.29, 1.82) is 0 Å². The molecule has 0 aromatic rings. The van der Waals surface area contributed by atoms with Gasteiger partial charge < -0.3 is 5.11 Å². The van der Waals surface area contributed by atoms with E-state index in [0.717, 1.165) is 31.7 Å². The Kier molecular flexibility index (Phi) is 8.30. The van der Waals surface area contributed by atoms with Crippen LogP contribution in [0, 0.1) is 0 Å². The summed E-state index contributed by atoms with van der Waals surface area (Å²) in [5, 5.41) is 10.2. The molecule has 0 fully saturated rings. The topological polar surface area (TPSA) is 23.2 Å². The van der Waals surface area contributed by atoms with E-state index in [2.05, 4.69) is 20.8 Å². The fourth-order valence-electron chi connectivity index (χ4n) is 1.02. The van der Waals surface area contributed by atoms with Gasteiger partial charge in [0.2, 0.25) is 0 Å². The second-order valence-corrected chi connectivity index (χ2v) is 4.13. The lowest BCUT2D eigenvalue weighted by Gasteiger charge is -2.01. The average molecular weight is 204 g/mol. The first kappa shape index (κ1) is 12.8. The van der Waals surface area contributed by atoms with E-state index in [4.69, 9.17) is 0 Å². The monoisotopic (exact) mass is 204 g/mol. The van der Waals surface area contributed by atoms with Crippen molar-refractivity contribution in [3.8, 4) is 0 Å². The third-order valence-electron chi connectivity index (χ3n) is 1.87. The molecule has 3 heteroatoms. The Labute approximate surface area is 86.0 Å². The van der Waals surface area contributed by atoms with E-state index < -0.39 is 0 Å². The quantitative estimate of drug-likeness (QED) is 0.408. The van der Waals surface area contributed by atoms with Crippen molar-refractivity contribution in [1.82, 2.24) is 0 Å². The Bertz CT molecular complexity index is 157. The molecule has 0 aromatic heterocycles. The maximum Gasteiger partial charge on any atom is 0.398 e. The fourth-order valence-corrected chi connectivity index (χ4v) is 1.81. The van der Waals surface area contributed by atoms with Crippen LogP contribution in [-0.2, 0) is 0 Å². The molecule has 0 aromatic carbocycles. The highest BCUT2D eigenvalue weighted by atomic mass is 32.2. The van der Waals surface area contributed by atoms with Crippen LogP contribution in [0.15, 0.2) is 0 Å². The normalized spacial score (nSPS) is 12.8. The van der Waals surface area contributed by atoms with Crippen molar-refractivity contribution >= 4 is 17.0 Å². The molecule has 0 saturated heterocycles. The number of hydrogen-bond acceptors (Lipinski definition) is 1. The molecular weight excluding hydrogens is 182 g/mol. The minimum atomic E-state index is 0.498. The van der Waals surface area contributed by atoms with Gasteiger partial charge in [-0.2, -0.15) is 4.58 Å². The Morgan fingerprint density at radius 3 is 2.38 bits per heavy atom. The van der Waals surface area contributed by atoms with Gasteiger partial charge in [-0.1, -0.05) is 20.3 Å². The zero-order chi connectivity index (χ0) is 10.1. The first-order chi connectivity index (χ1) is 6.26. The van der Waals surface area contributed by atoms with Crippen molar-refractivity contribution in [3.05, 3.63) is 0 Å². The van der Waals surface area contributed by atoms with Crippen molar-refractivity contribution in [3.63, 3.8) is 0 Å². The smallest absolute Gasteiger partial charge is 0.398 e. The molecule has 0 spiro atoms. The zero-order valence-electron chi connectivity index (χ0n) is 9.05. The number of unbranched alkanes of at least 4 members (excludes halogenated alkanes) is 1. The highest BCUT2D eigenvalue weighted by molar-refractivity contribution is 8.13. The van der Waals surface area contributed by atoms with Gasteiger partial charge >= 0.3 is 5.23 Å². The highest BCUT2D eigenvalue weighted by Gasteiger charge is 2.10. The van der Waals surface area contributed by atoms with E-state index in [1.165, 1.54) is 6.42 Å². The minimum absolute atomic E-state index is 0.498. The van der Waals surface area contributed by atoms with E-state index in [9.17, 15) is 5.11 Å². The minimum Gasteiger partial charge on any atom is -0.455 e. The molecule has 0 atom stereocenters. The number of thioether (sulfide) groups is 1. The van der Waals surface area contributed by atoms with Crippen molar-refractivity contribution in [2.75, 3.05) is 18.8 Å². The molecule has 0 unspecified atom stereocenters. The Morgan fingerprint density at radius 1 is 1.23 bits per heavy atom. The van der Waals surface area contributed by atoms with E-state index in [1.807, 2.05) is 4.58 Å². The van der Waals surface area contributed by atoms with Gasteiger partial charge in [-0.05, 0) is 25.1 Å². The second kappa shape index (κ2) is 8.42. The maximum absolute atomic E-state index is 9.67. The van der Waals surface area contributed by atoms with Gasteiger partial charge in [-0.3, -0.25) is 0 Å². The van der Waals surface area contributed by atoms with Crippen molar-refractivity contribution in [2.24, 2.45) is 0 Å². The molecule has 0 aliphatic carbocycles. The maximum atomic E-state index is 9.67. The second-order valence-electron chi connectivity index (χ2n) is 3.06. The molecule has 0 radical (unpaired) electrons. The Hall–Kier alpha value is -0.180. The summed E-state index contributed by atoms with van der Waals surface area (Å²) < 4.78 is 2.05. The molecule has 78 valence electrons. The average Bonchev–Trinajstić information content (AvgIpc) is 2.16. The molecule has 1 N–H and O–H groups in total. The van der Waals surface area contributed by atoms with Crippen LogP contribution >= 0.6 is 11.8 Å². The number of rotatable bonds is 6. The molecular formula is C10H22NOS+. The molecule has 0 aliphatic heterocycles. The molecule has 13 heavy (non-hydrogen) atoms. The third-order valence-corrected chi connectivity index (χ3v) is 3.00. The molecule has 0 heterocycles. The molecule has 0 aliphatic rings. The van der Waals surface area contributed by atoms with E-state index in [1.54, 1.807) is 11.8 Å². The largest absolute Gasteiger partial charge is 0.455 e. The first-order valence-corrected chi connectivity index (χ1v) is 6.18. The molecule has 0 amide bonds. The van der Waals surface area contributed by atoms with Gasteiger partial charge in [0, 0.05) is 12.2 Å². The summed E-state index contributed by atoms with van der Waals surface area (Å²) in [6, 6.07) is 0. The van der Waals surface area contributed by atoms with Gasteiger partial charge in [-0.25, -0.2) is 0 Å². The molecule has 0 rings (SSSR count). The zero-order valence-corrected chi connectivity index (χ0v) is 9.86. The van der Waals surface area contributed by atoms with Crippen LogP contribution in [0.2, 0.25) is 0 Å². The van der Waals surface area contributed by atoms with Gasteiger partial charge in [0.15, 0.2) is 0 Å². The predicted octanol–water partition coefficient (Wildman–Crippen LogP) is 2.88. The lowest BCUT2D eigenvalue weighted by molar-refractivity contribution is -0.529. The van der Waals surface area contributed by atoms with Crippen LogP contribution in [0.4, 0.5) is 0 Å². The summed E-state index contributed by atoms with van der Waals surface area (Å²) in [5.41, 5.74) is 0. The van der Waals surface area contributed by atoms with Gasteiger partial charge in [0.25, 0.3) is 0 Å². The number of hydrogen-bond donors (Lipinski definition) is 1. The fraction of sp³-hybridized carbons (Fsp3) is 0.900. The van der Waals surface area contributed by atoms with Crippen LogP contribution in [0.5, 0.6) is 0 Å². The number of aliphatic hydroxyl groups is 1. The van der Waals surface area contributed by atoms with E-state index in [0.29, 0.717) is 5.23 Å². The molecule has 0 bridgehead atoms. The highest BCUT2D eigenvalue weighted by Crippen LogP contribution is 2.04. The standard InChI is InChI=1S/C10H21NOS/c1-4-7-8-11(6-3)10(12)13-9-5-2/h4-9H2,1-3H3/p+1. The molecule has 2 nitrogen and oxygen atoms in total. The van der Waals surface area contributed by atoms with Crippen LogP contribution in [0.1, 0.15) is 40.0 Å². The summed E-state index contributed by atoms with van der Waals surface area (Å²) in [5.74, 6) is 1.01. The van der Waals surface area contributed by atoms with E-state index >= 15 is 0 Å². The summed E-state index contributed by atoms with van der Waals surface area (Å²) in [6.07, 6.45) is 3.45. The SMILES string of the molecule is CCCC[N+](CC)=C(O)SCCC. The van der Waals surface area contributed by atoms with Crippen molar-refractivity contribution in [2.45, 2.75) is 40.0 Å². The lowest BCUT2D eigenvalue weighted by atomic mass is 10.3. The third kappa shape index (κ3) is 5.97. The van der Waals surface area contributed by atoms with Crippen LogP contribution in [0.3, 0.4) is 0 Å². The molecule has 0 saturated carbocycles. The van der Waals surface area contributed by atoms with Gasteiger partial charge in [0.05, 0.1) is 0 Å². The Morgan fingerprint density at radius 2 is 1.92 bits per heavy atom. The number of aliphatic hydroxyl groups excluding tert-OH is 1. The van der Waals surface area contributed by atoms with Crippen LogP contribution in [-0.4, -0.2) is 33.8 Å². The first-order valence-electron chi connectivity index (χ1n) is 5.19. The van der Waals surface area contributed by atoms with Crippen LogP contribution in [0.25, 0.3) is 0 Å². The van der Waals surface area contributed by atoms with Gasteiger partial charge in [0.1, 0.15) is 13.1 Å². The summed E-state index contributed by atoms with van der Waals surface area (Å²) >= 11 is 1.56. The number of nitrogens with zero attached hydrogens (tertiary/aromatic N) is 1. The Balaban J connectivity index is 3.97. The van der Waals surface area contributed by atoms with Crippen molar-refractivity contribution < 1.29 is 9.68 Å². The van der Waals surface area contributed by atoms with Gasteiger partial charge in [-0.15, -0.1) is 0 Å². The predicted molar refractivity (Wildman–Crippen MR) is 61.0 cm³/mol. The summed E-state index contributed by atoms with van der Waals surface area (Å²) in [4.78, 5) is 0.